The topological polar surface area (TPSA) is 55.6 Å². The van der Waals surface area contributed by atoms with Gasteiger partial charge in [0.05, 0.1) is 12.6 Å². The minimum Gasteiger partial charge on any atom is -0.493 e. The van der Waals surface area contributed by atoms with Crippen LogP contribution in [0, 0.1) is 0 Å². The molecule has 0 bridgehead atoms. The number of benzene rings is 1. The van der Waals surface area contributed by atoms with Crippen LogP contribution in [0.1, 0.15) is 24.0 Å². The van der Waals surface area contributed by atoms with Crippen molar-refractivity contribution in [1.82, 2.24) is 4.90 Å². The number of hydrogen-bond donors (Lipinski definition) is 1. The second kappa shape index (κ2) is 4.61. The van der Waals surface area contributed by atoms with Gasteiger partial charge in [0.15, 0.2) is 0 Å². The molecule has 2 N–H and O–H groups in total. The second-order valence-electron chi connectivity index (χ2n) is 5.07. The number of nitrogens with zero attached hydrogens (tertiary/aromatic N) is 1. The fourth-order valence-corrected chi connectivity index (χ4v) is 2.91. The van der Waals surface area contributed by atoms with Crippen LogP contribution in [0.3, 0.4) is 0 Å². The fourth-order valence-electron chi connectivity index (χ4n) is 2.91. The number of nitrogens with two attached hydrogens (primary N) is 1. The third-order valence-corrected chi connectivity index (χ3v) is 3.83. The van der Waals surface area contributed by atoms with E-state index in [1.807, 2.05) is 6.07 Å². The summed E-state index contributed by atoms with van der Waals surface area (Å²) >= 11 is 0. The molecule has 4 heteroatoms. The Kier molecular flexibility index (Phi) is 2.96. The highest BCUT2D eigenvalue weighted by Gasteiger charge is 2.28. The van der Waals surface area contributed by atoms with Crippen molar-refractivity contribution in [3.8, 4) is 5.75 Å². The number of rotatable bonds is 3. The van der Waals surface area contributed by atoms with Crippen molar-refractivity contribution >= 4 is 5.91 Å². The van der Waals surface area contributed by atoms with E-state index in [4.69, 9.17) is 10.5 Å². The van der Waals surface area contributed by atoms with Gasteiger partial charge in [-0.1, -0.05) is 12.1 Å². The molecule has 1 atom stereocenters. The minimum absolute atomic E-state index is 0.0884. The zero-order chi connectivity index (χ0) is 12.5. The number of amides is 1. The Morgan fingerprint density at radius 2 is 2.39 bits per heavy atom. The summed E-state index contributed by atoms with van der Waals surface area (Å²) < 4.78 is 5.50. The van der Waals surface area contributed by atoms with Crippen molar-refractivity contribution in [2.24, 2.45) is 5.73 Å². The Bertz CT molecular complexity index is 473. The highest BCUT2D eigenvalue weighted by Crippen LogP contribution is 2.27. The number of fused-ring (bicyclic) bond motifs is 1. The zero-order valence-corrected chi connectivity index (χ0v) is 10.4. The number of likely N-dealkylation sites (tertiary alicyclic amines) is 1. The van der Waals surface area contributed by atoms with Crippen LogP contribution in [-0.4, -0.2) is 30.0 Å². The average molecular weight is 246 g/mol. The summed E-state index contributed by atoms with van der Waals surface area (Å²) in [6.07, 6.45) is 2.94. The Morgan fingerprint density at radius 3 is 3.22 bits per heavy atom. The van der Waals surface area contributed by atoms with Gasteiger partial charge in [-0.15, -0.1) is 0 Å². The molecule has 4 nitrogen and oxygen atoms in total. The molecule has 0 spiro atoms. The van der Waals surface area contributed by atoms with E-state index in [1.165, 1.54) is 11.1 Å². The maximum Gasteiger partial charge on any atom is 0.234 e. The average Bonchev–Trinajstić information content (AvgIpc) is 2.96. The first-order valence-corrected chi connectivity index (χ1v) is 6.52. The Labute approximate surface area is 107 Å². The Morgan fingerprint density at radius 1 is 1.50 bits per heavy atom. The van der Waals surface area contributed by atoms with E-state index < -0.39 is 0 Å². The first kappa shape index (κ1) is 11.5. The number of primary amides is 1. The molecule has 96 valence electrons. The molecule has 1 saturated heterocycles. The standard InChI is InChI=1S/C14H18N2O2/c15-14(17)12-2-1-6-16(12)9-10-3-4-13-11(8-10)5-7-18-13/h3-4,8,12H,1-2,5-7,9H2,(H2,15,17)/t12-/m0/s1. The van der Waals surface area contributed by atoms with Crippen molar-refractivity contribution < 1.29 is 9.53 Å². The van der Waals surface area contributed by atoms with Crippen LogP contribution in [-0.2, 0) is 17.8 Å². The van der Waals surface area contributed by atoms with Gasteiger partial charge >= 0.3 is 0 Å². The van der Waals surface area contributed by atoms with E-state index in [0.29, 0.717) is 0 Å². The van der Waals surface area contributed by atoms with Crippen molar-refractivity contribution in [3.05, 3.63) is 29.3 Å². The number of carbonyl (C=O) groups excluding carboxylic acids is 1. The first-order valence-electron chi connectivity index (χ1n) is 6.52. The van der Waals surface area contributed by atoms with Crippen LogP contribution >= 0.6 is 0 Å². The second-order valence-corrected chi connectivity index (χ2v) is 5.07. The van der Waals surface area contributed by atoms with Gasteiger partial charge in [-0.3, -0.25) is 9.69 Å². The molecular formula is C14H18N2O2. The summed E-state index contributed by atoms with van der Waals surface area (Å²) in [5.41, 5.74) is 7.95. The SMILES string of the molecule is NC(=O)[C@@H]1CCCN1Cc1ccc2c(c1)CCO2. The quantitative estimate of drug-likeness (QED) is 0.868. The molecular weight excluding hydrogens is 228 g/mol. The van der Waals surface area contributed by atoms with Crippen molar-refractivity contribution in [1.29, 1.82) is 0 Å². The summed E-state index contributed by atoms with van der Waals surface area (Å²) in [4.78, 5) is 13.5. The van der Waals surface area contributed by atoms with Crippen LogP contribution < -0.4 is 10.5 Å². The van der Waals surface area contributed by atoms with Gasteiger partial charge in [0.2, 0.25) is 5.91 Å². The van der Waals surface area contributed by atoms with Gasteiger partial charge in [-0.25, -0.2) is 0 Å². The van der Waals surface area contributed by atoms with Gasteiger partial charge in [0.25, 0.3) is 0 Å². The van der Waals surface area contributed by atoms with E-state index in [2.05, 4.69) is 17.0 Å². The number of ether oxygens (including phenoxy) is 1. The molecule has 2 aliphatic heterocycles. The molecule has 18 heavy (non-hydrogen) atoms. The molecule has 1 fully saturated rings. The molecule has 3 rings (SSSR count). The smallest absolute Gasteiger partial charge is 0.234 e. The van der Waals surface area contributed by atoms with E-state index in [0.717, 1.165) is 44.7 Å². The Balaban J connectivity index is 1.74. The third kappa shape index (κ3) is 2.08. The lowest BCUT2D eigenvalue weighted by Gasteiger charge is -2.21. The maximum atomic E-state index is 11.3. The minimum atomic E-state index is -0.197. The van der Waals surface area contributed by atoms with Gasteiger partial charge in [-0.2, -0.15) is 0 Å². The molecule has 0 unspecified atom stereocenters. The van der Waals surface area contributed by atoms with Crippen molar-refractivity contribution in [2.75, 3.05) is 13.2 Å². The molecule has 2 aliphatic rings. The Hall–Kier alpha value is -1.55. The predicted molar refractivity (Wildman–Crippen MR) is 68.3 cm³/mol. The van der Waals surface area contributed by atoms with E-state index >= 15 is 0 Å². The molecule has 0 aliphatic carbocycles. The molecule has 1 aromatic rings. The number of hydrogen-bond acceptors (Lipinski definition) is 3. The lowest BCUT2D eigenvalue weighted by atomic mass is 10.1. The molecule has 1 aromatic carbocycles. The van der Waals surface area contributed by atoms with Crippen molar-refractivity contribution in [3.63, 3.8) is 0 Å². The normalized spacial score (nSPS) is 22.8. The fraction of sp³-hybridized carbons (Fsp3) is 0.500. The first-order chi connectivity index (χ1) is 8.74. The van der Waals surface area contributed by atoms with Crippen LogP contribution in [0.5, 0.6) is 5.75 Å². The predicted octanol–water partition coefficient (Wildman–Crippen LogP) is 1.07. The summed E-state index contributed by atoms with van der Waals surface area (Å²) in [5.74, 6) is 0.809. The molecule has 0 aromatic heterocycles. The zero-order valence-electron chi connectivity index (χ0n) is 10.4. The molecule has 0 saturated carbocycles. The van der Waals surface area contributed by atoms with Gasteiger partial charge in [0, 0.05) is 13.0 Å². The lowest BCUT2D eigenvalue weighted by Crippen LogP contribution is -2.39. The summed E-state index contributed by atoms with van der Waals surface area (Å²) in [7, 11) is 0. The largest absolute Gasteiger partial charge is 0.493 e. The molecule has 0 radical (unpaired) electrons. The summed E-state index contributed by atoms with van der Waals surface area (Å²) in [6, 6.07) is 6.22. The van der Waals surface area contributed by atoms with Crippen LogP contribution in [0.4, 0.5) is 0 Å². The van der Waals surface area contributed by atoms with E-state index in [1.54, 1.807) is 0 Å². The van der Waals surface area contributed by atoms with E-state index in [9.17, 15) is 4.79 Å². The van der Waals surface area contributed by atoms with E-state index in [-0.39, 0.29) is 11.9 Å². The monoisotopic (exact) mass is 246 g/mol. The summed E-state index contributed by atoms with van der Waals surface area (Å²) in [6.45, 7) is 2.55. The van der Waals surface area contributed by atoms with Crippen LogP contribution in [0.15, 0.2) is 18.2 Å². The lowest BCUT2D eigenvalue weighted by molar-refractivity contribution is -0.122. The van der Waals surface area contributed by atoms with Crippen LogP contribution in [0.25, 0.3) is 0 Å². The molecule has 2 heterocycles. The maximum absolute atomic E-state index is 11.3. The summed E-state index contributed by atoms with van der Waals surface area (Å²) in [5, 5.41) is 0. The van der Waals surface area contributed by atoms with Crippen molar-refractivity contribution in [2.45, 2.75) is 31.8 Å². The van der Waals surface area contributed by atoms with Gasteiger partial charge in [0.1, 0.15) is 5.75 Å². The molecule has 1 amide bonds. The number of carbonyl (C=O) groups is 1. The third-order valence-electron chi connectivity index (χ3n) is 3.83. The van der Waals surface area contributed by atoms with Gasteiger partial charge in [-0.05, 0) is 36.6 Å². The van der Waals surface area contributed by atoms with Crippen LogP contribution in [0.2, 0.25) is 0 Å². The highest BCUT2D eigenvalue weighted by molar-refractivity contribution is 5.80. The van der Waals surface area contributed by atoms with Gasteiger partial charge < -0.3 is 10.5 Å². The highest BCUT2D eigenvalue weighted by atomic mass is 16.5.